The summed E-state index contributed by atoms with van der Waals surface area (Å²) in [5.74, 6) is 0.529. The number of carbonyl (C=O) groups is 1. The average molecular weight is 399 g/mol. The molecule has 2 heterocycles. The predicted octanol–water partition coefficient (Wildman–Crippen LogP) is 4.57. The number of rotatable bonds is 6. The molecule has 6 nitrogen and oxygen atoms in total. The minimum atomic E-state index is -0.545. The fourth-order valence-electron chi connectivity index (χ4n) is 2.94. The van der Waals surface area contributed by atoms with Crippen LogP contribution in [0.2, 0.25) is 0 Å². The molecule has 1 N–H and O–H groups in total. The number of aromatic nitrogens is 2. The van der Waals surface area contributed by atoms with Gasteiger partial charge in [0.15, 0.2) is 0 Å². The van der Waals surface area contributed by atoms with Crippen molar-refractivity contribution in [2.24, 2.45) is 5.92 Å². The SMILES string of the molecule is Cc1cc(NC(=O)C2CC(Oc3ccc(F)nc3)C2)ccc1Oc1nccs1. The third kappa shape index (κ3) is 4.28. The highest BCUT2D eigenvalue weighted by molar-refractivity contribution is 7.11. The molecule has 0 aliphatic heterocycles. The Labute approximate surface area is 165 Å². The Morgan fingerprint density at radius 2 is 2.11 bits per heavy atom. The van der Waals surface area contributed by atoms with E-state index in [1.54, 1.807) is 6.20 Å². The summed E-state index contributed by atoms with van der Waals surface area (Å²) in [7, 11) is 0. The van der Waals surface area contributed by atoms with Gasteiger partial charge in [-0.3, -0.25) is 4.79 Å². The third-order valence-electron chi connectivity index (χ3n) is 4.52. The van der Waals surface area contributed by atoms with Crippen LogP contribution in [0.5, 0.6) is 16.7 Å². The summed E-state index contributed by atoms with van der Waals surface area (Å²) in [5, 5.41) is 5.37. The number of hydrogen-bond acceptors (Lipinski definition) is 6. The highest BCUT2D eigenvalue weighted by atomic mass is 32.1. The minimum Gasteiger partial charge on any atom is -0.489 e. The van der Waals surface area contributed by atoms with E-state index >= 15 is 0 Å². The fourth-order valence-corrected chi connectivity index (χ4v) is 3.44. The van der Waals surface area contributed by atoms with Gasteiger partial charge in [0.2, 0.25) is 11.9 Å². The second kappa shape index (κ2) is 7.93. The van der Waals surface area contributed by atoms with Crippen molar-refractivity contribution in [2.45, 2.75) is 25.9 Å². The van der Waals surface area contributed by atoms with Crippen LogP contribution in [-0.4, -0.2) is 22.0 Å². The van der Waals surface area contributed by atoms with Crippen LogP contribution in [0.25, 0.3) is 0 Å². The standard InChI is InChI=1S/C20H18FN3O3S/c1-12-8-14(2-4-17(12)27-20-22-6-7-28-20)24-19(25)13-9-16(10-13)26-15-3-5-18(21)23-11-15/h2-8,11,13,16H,9-10H2,1H3,(H,24,25). The number of anilines is 1. The van der Waals surface area contributed by atoms with Crippen LogP contribution < -0.4 is 14.8 Å². The van der Waals surface area contributed by atoms with Crippen LogP contribution in [0, 0.1) is 18.8 Å². The van der Waals surface area contributed by atoms with Crippen molar-refractivity contribution in [3.8, 4) is 16.7 Å². The topological polar surface area (TPSA) is 73.3 Å². The molecule has 3 aromatic rings. The Bertz CT molecular complexity index is 957. The number of amides is 1. The molecule has 1 aromatic carbocycles. The molecule has 0 atom stereocenters. The Balaban J connectivity index is 1.28. The highest BCUT2D eigenvalue weighted by Crippen LogP contribution is 2.33. The number of thiazole rings is 1. The van der Waals surface area contributed by atoms with Crippen molar-refractivity contribution in [3.63, 3.8) is 0 Å². The maximum Gasteiger partial charge on any atom is 0.278 e. The molecule has 0 radical (unpaired) electrons. The van der Waals surface area contributed by atoms with Gasteiger partial charge in [-0.2, -0.15) is 4.39 Å². The minimum absolute atomic E-state index is 0.0370. The van der Waals surface area contributed by atoms with E-state index in [4.69, 9.17) is 9.47 Å². The van der Waals surface area contributed by atoms with E-state index in [1.807, 2.05) is 30.5 Å². The first-order valence-electron chi connectivity index (χ1n) is 8.84. The summed E-state index contributed by atoms with van der Waals surface area (Å²) < 4.78 is 24.2. The fraction of sp³-hybridized carbons (Fsp3) is 0.250. The average Bonchev–Trinajstić information content (AvgIpc) is 3.14. The first-order valence-corrected chi connectivity index (χ1v) is 9.72. The normalized spacial score (nSPS) is 18.2. The van der Waals surface area contributed by atoms with Gasteiger partial charge in [-0.05, 0) is 55.7 Å². The molecule has 8 heteroatoms. The van der Waals surface area contributed by atoms with Crippen molar-refractivity contribution in [1.82, 2.24) is 9.97 Å². The Morgan fingerprint density at radius 1 is 1.25 bits per heavy atom. The van der Waals surface area contributed by atoms with E-state index in [1.165, 1.54) is 29.7 Å². The number of carbonyl (C=O) groups excluding carboxylic acids is 1. The number of nitrogens with one attached hydrogen (secondary N) is 1. The number of halogens is 1. The maximum absolute atomic E-state index is 12.8. The van der Waals surface area contributed by atoms with Gasteiger partial charge in [0.1, 0.15) is 17.6 Å². The summed E-state index contributed by atoms with van der Waals surface area (Å²) in [5.41, 5.74) is 1.63. The molecule has 0 spiro atoms. The van der Waals surface area contributed by atoms with Crippen LogP contribution in [-0.2, 0) is 4.79 Å². The van der Waals surface area contributed by atoms with Crippen LogP contribution in [0.1, 0.15) is 18.4 Å². The highest BCUT2D eigenvalue weighted by Gasteiger charge is 2.36. The molecule has 28 heavy (non-hydrogen) atoms. The lowest BCUT2D eigenvalue weighted by molar-refractivity contribution is -0.125. The molecule has 0 bridgehead atoms. The van der Waals surface area contributed by atoms with E-state index in [2.05, 4.69) is 15.3 Å². The predicted molar refractivity (Wildman–Crippen MR) is 103 cm³/mol. The monoisotopic (exact) mass is 399 g/mol. The first-order chi connectivity index (χ1) is 13.6. The molecule has 1 fully saturated rings. The molecular weight excluding hydrogens is 381 g/mol. The molecule has 1 amide bonds. The smallest absolute Gasteiger partial charge is 0.278 e. The first kappa shape index (κ1) is 18.4. The van der Waals surface area contributed by atoms with E-state index < -0.39 is 5.95 Å². The van der Waals surface area contributed by atoms with Crippen molar-refractivity contribution in [3.05, 3.63) is 59.6 Å². The quantitative estimate of drug-likeness (QED) is 0.615. The van der Waals surface area contributed by atoms with Crippen LogP contribution in [0.15, 0.2) is 48.1 Å². The lowest BCUT2D eigenvalue weighted by Gasteiger charge is -2.34. The summed E-state index contributed by atoms with van der Waals surface area (Å²) in [6.07, 6.45) is 4.22. The second-order valence-corrected chi connectivity index (χ2v) is 7.45. The summed E-state index contributed by atoms with van der Waals surface area (Å²) in [6, 6.07) is 8.29. The van der Waals surface area contributed by atoms with Gasteiger partial charge in [0.05, 0.1) is 6.20 Å². The van der Waals surface area contributed by atoms with E-state index in [0.717, 1.165) is 11.3 Å². The molecule has 144 valence electrons. The van der Waals surface area contributed by atoms with Gasteiger partial charge in [-0.15, -0.1) is 0 Å². The maximum atomic E-state index is 12.8. The lowest BCUT2D eigenvalue weighted by atomic mass is 9.81. The summed E-state index contributed by atoms with van der Waals surface area (Å²) in [6.45, 7) is 1.92. The zero-order valence-electron chi connectivity index (χ0n) is 15.1. The van der Waals surface area contributed by atoms with Gasteiger partial charge in [-0.1, -0.05) is 11.3 Å². The van der Waals surface area contributed by atoms with Crippen LogP contribution in [0.4, 0.5) is 10.1 Å². The zero-order valence-corrected chi connectivity index (χ0v) is 15.9. The van der Waals surface area contributed by atoms with E-state index in [-0.39, 0.29) is 17.9 Å². The van der Waals surface area contributed by atoms with Crippen LogP contribution >= 0.6 is 11.3 Å². The largest absolute Gasteiger partial charge is 0.489 e. The second-order valence-electron chi connectivity index (χ2n) is 6.59. The third-order valence-corrected chi connectivity index (χ3v) is 5.17. The van der Waals surface area contributed by atoms with Crippen molar-refractivity contribution < 1.29 is 18.7 Å². The molecule has 4 rings (SSSR count). The number of ether oxygens (including phenoxy) is 2. The number of aryl methyl sites for hydroxylation is 1. The Morgan fingerprint density at radius 3 is 2.79 bits per heavy atom. The zero-order chi connectivity index (χ0) is 19.5. The van der Waals surface area contributed by atoms with Crippen molar-refractivity contribution >= 4 is 22.9 Å². The van der Waals surface area contributed by atoms with Gasteiger partial charge in [-0.25, -0.2) is 9.97 Å². The van der Waals surface area contributed by atoms with E-state index in [0.29, 0.717) is 29.5 Å². The Kier molecular flexibility index (Phi) is 5.21. The van der Waals surface area contributed by atoms with Gasteiger partial charge < -0.3 is 14.8 Å². The lowest BCUT2D eigenvalue weighted by Crippen LogP contribution is -2.40. The molecule has 2 aromatic heterocycles. The van der Waals surface area contributed by atoms with Crippen molar-refractivity contribution in [1.29, 1.82) is 0 Å². The summed E-state index contributed by atoms with van der Waals surface area (Å²) in [4.78, 5) is 20.1. The van der Waals surface area contributed by atoms with Crippen molar-refractivity contribution in [2.75, 3.05) is 5.32 Å². The number of benzene rings is 1. The van der Waals surface area contributed by atoms with Crippen LogP contribution in [0.3, 0.4) is 0 Å². The number of pyridine rings is 1. The van der Waals surface area contributed by atoms with Gasteiger partial charge >= 0.3 is 0 Å². The Hall–Kier alpha value is -3.00. The molecule has 1 aliphatic rings. The molecule has 1 saturated carbocycles. The molecule has 1 aliphatic carbocycles. The van der Waals surface area contributed by atoms with E-state index in [9.17, 15) is 9.18 Å². The molecule has 0 saturated heterocycles. The molecular formula is C20H18FN3O3S. The van der Waals surface area contributed by atoms with Gasteiger partial charge in [0.25, 0.3) is 5.19 Å². The summed E-state index contributed by atoms with van der Waals surface area (Å²) >= 11 is 1.42. The molecule has 0 unspecified atom stereocenters. The number of hydrogen-bond donors (Lipinski definition) is 1. The number of nitrogens with zero attached hydrogens (tertiary/aromatic N) is 2. The van der Waals surface area contributed by atoms with Gasteiger partial charge in [0, 0.05) is 23.2 Å².